The van der Waals surface area contributed by atoms with Crippen LogP contribution in [0.2, 0.25) is 0 Å². The molecule has 7 rings (SSSR count). The maximum atomic E-state index is 16.5. The fourth-order valence-electron chi connectivity index (χ4n) is 9.44. The molecule has 0 N–H and O–H groups in total. The zero-order valence-electron chi connectivity index (χ0n) is 26.5. The third-order valence-electron chi connectivity index (χ3n) is 11.4. The van der Waals surface area contributed by atoms with Crippen LogP contribution in [-0.4, -0.2) is 132 Å². The van der Waals surface area contributed by atoms with Crippen molar-refractivity contribution in [1.29, 1.82) is 0 Å². The molecule has 0 bridgehead atoms. The quantitative estimate of drug-likeness (QED) is 0.438. The Labute approximate surface area is 260 Å². The van der Waals surface area contributed by atoms with Crippen molar-refractivity contribution in [3.63, 3.8) is 0 Å². The number of nitrogens with zero attached hydrogens (tertiary/aromatic N) is 4. The van der Waals surface area contributed by atoms with Crippen LogP contribution in [0, 0.1) is 17.8 Å². The molecule has 7 aliphatic rings. The summed E-state index contributed by atoms with van der Waals surface area (Å²) in [4.78, 5) is 48.5. The highest BCUT2D eigenvalue weighted by atomic mass is 19.1. The lowest BCUT2D eigenvalue weighted by molar-refractivity contribution is -0.228. The normalized spacial score (nSPS) is 39.5. The predicted octanol–water partition coefficient (Wildman–Crippen LogP) is 3.00. The summed E-state index contributed by atoms with van der Waals surface area (Å²) < 4.78 is 34.5. The summed E-state index contributed by atoms with van der Waals surface area (Å²) >= 11 is 0. The van der Waals surface area contributed by atoms with E-state index in [4.69, 9.17) is 14.2 Å². The Hall–Kier alpha value is -2.24. The molecule has 3 aliphatic carbocycles. The van der Waals surface area contributed by atoms with Gasteiger partial charge in [0.15, 0.2) is 5.78 Å². The Morgan fingerprint density at radius 1 is 0.909 bits per heavy atom. The van der Waals surface area contributed by atoms with E-state index in [-0.39, 0.29) is 48.0 Å². The summed E-state index contributed by atoms with van der Waals surface area (Å²) in [5.74, 6) is -0.0246. The standard InChI is InChI=1S/C33H49FN4O6/c1-33(2,3)44-32(41)37-12-10-35(11-13-37)28-24(34)18-22-27-30(28)43-25-9-8-20-6-4-5-7-21(20)26(25)38(27)19-23(29(22)39)31(40)36-14-16-42-17-15-36/h19-22,24-28,30H,4-18H2,1-3H3. The molecule has 0 aromatic rings. The van der Waals surface area contributed by atoms with Gasteiger partial charge < -0.3 is 28.9 Å². The van der Waals surface area contributed by atoms with Gasteiger partial charge in [-0.05, 0) is 58.3 Å². The van der Waals surface area contributed by atoms with E-state index in [9.17, 15) is 14.4 Å². The van der Waals surface area contributed by atoms with E-state index in [1.165, 1.54) is 19.3 Å². The van der Waals surface area contributed by atoms with E-state index in [2.05, 4.69) is 9.80 Å². The molecule has 3 saturated heterocycles. The third kappa shape index (κ3) is 5.44. The van der Waals surface area contributed by atoms with Crippen molar-refractivity contribution in [3.8, 4) is 0 Å². The van der Waals surface area contributed by atoms with Gasteiger partial charge in [-0.15, -0.1) is 0 Å². The molecule has 2 amide bonds. The van der Waals surface area contributed by atoms with Gasteiger partial charge in [-0.2, -0.15) is 0 Å². The first-order valence-electron chi connectivity index (χ1n) is 17.0. The lowest BCUT2D eigenvalue weighted by atomic mass is 9.63. The number of piperazine rings is 1. The maximum absolute atomic E-state index is 16.5. The minimum atomic E-state index is -1.28. The SMILES string of the molecule is CC(C)(C)OC(=O)N1CCN(C2C(F)CC3C(=O)C(C(=O)N4CCOCC4)=CN4C5C(CCC6CCCCC65)OC2C34)CC1. The first-order chi connectivity index (χ1) is 21.1. The highest BCUT2D eigenvalue weighted by Crippen LogP contribution is 2.51. The van der Waals surface area contributed by atoms with Crippen LogP contribution in [0.1, 0.15) is 65.7 Å². The van der Waals surface area contributed by atoms with Crippen LogP contribution in [0.4, 0.5) is 9.18 Å². The van der Waals surface area contributed by atoms with E-state index >= 15 is 4.39 Å². The van der Waals surface area contributed by atoms with E-state index in [1.807, 2.05) is 27.0 Å². The molecule has 4 aliphatic heterocycles. The number of alkyl halides is 1. The zero-order valence-corrected chi connectivity index (χ0v) is 26.5. The number of ketones is 1. The predicted molar refractivity (Wildman–Crippen MR) is 159 cm³/mol. The fourth-order valence-corrected chi connectivity index (χ4v) is 9.44. The lowest BCUT2D eigenvalue weighted by Crippen LogP contribution is -2.75. The lowest BCUT2D eigenvalue weighted by Gasteiger charge is -2.63. The Balaban J connectivity index is 1.18. The van der Waals surface area contributed by atoms with Crippen LogP contribution in [0.5, 0.6) is 0 Å². The van der Waals surface area contributed by atoms with E-state index in [1.54, 1.807) is 9.80 Å². The summed E-state index contributed by atoms with van der Waals surface area (Å²) in [7, 11) is 0. The van der Waals surface area contributed by atoms with E-state index in [0.29, 0.717) is 64.3 Å². The Morgan fingerprint density at radius 2 is 1.64 bits per heavy atom. The van der Waals surface area contributed by atoms with Crippen LogP contribution < -0.4 is 0 Å². The van der Waals surface area contributed by atoms with Gasteiger partial charge in [-0.3, -0.25) is 14.5 Å². The number of hydrogen-bond donors (Lipinski definition) is 0. The van der Waals surface area contributed by atoms with Crippen molar-refractivity contribution in [2.45, 2.75) is 108 Å². The minimum Gasteiger partial charge on any atom is -0.444 e. The van der Waals surface area contributed by atoms with Crippen LogP contribution in [0.25, 0.3) is 0 Å². The number of morpholine rings is 2. The number of halogens is 1. The van der Waals surface area contributed by atoms with Crippen LogP contribution >= 0.6 is 0 Å². The van der Waals surface area contributed by atoms with Gasteiger partial charge in [0.2, 0.25) is 0 Å². The van der Waals surface area contributed by atoms with Crippen molar-refractivity contribution in [2.24, 2.45) is 17.8 Å². The average molecular weight is 617 g/mol. The molecule has 3 saturated carbocycles. The second-order valence-corrected chi connectivity index (χ2v) is 15.0. The number of Topliss-reactive ketones (excluding diaryl/α,β-unsaturated/α-hetero) is 1. The molecule has 10 nitrogen and oxygen atoms in total. The smallest absolute Gasteiger partial charge is 0.410 e. The number of rotatable bonds is 2. The monoisotopic (exact) mass is 616 g/mol. The molecule has 4 heterocycles. The van der Waals surface area contributed by atoms with Crippen molar-refractivity contribution in [1.82, 2.24) is 19.6 Å². The first-order valence-corrected chi connectivity index (χ1v) is 17.0. The third-order valence-corrected chi connectivity index (χ3v) is 11.4. The largest absolute Gasteiger partial charge is 0.444 e. The molecule has 9 unspecified atom stereocenters. The van der Waals surface area contributed by atoms with Crippen molar-refractivity contribution in [2.75, 3.05) is 52.5 Å². The highest BCUT2D eigenvalue weighted by molar-refractivity contribution is 6.20. The van der Waals surface area contributed by atoms with Gasteiger partial charge in [-0.1, -0.05) is 19.3 Å². The van der Waals surface area contributed by atoms with Gasteiger partial charge in [-0.25, -0.2) is 9.18 Å². The molecule has 244 valence electrons. The topological polar surface area (TPSA) is 91.9 Å². The van der Waals surface area contributed by atoms with E-state index < -0.39 is 29.8 Å². The molecule has 0 aromatic carbocycles. The van der Waals surface area contributed by atoms with E-state index in [0.717, 1.165) is 19.3 Å². The molecule has 6 fully saturated rings. The van der Waals surface area contributed by atoms with Gasteiger partial charge in [0.25, 0.3) is 5.91 Å². The Bertz CT molecular complexity index is 1160. The summed E-state index contributed by atoms with van der Waals surface area (Å²) in [6, 6.07) is -0.715. The molecule has 44 heavy (non-hydrogen) atoms. The number of amides is 2. The number of hydrogen-bond acceptors (Lipinski definition) is 8. The summed E-state index contributed by atoms with van der Waals surface area (Å²) in [5, 5.41) is 0. The van der Waals surface area contributed by atoms with Crippen LogP contribution in [0.15, 0.2) is 11.8 Å². The van der Waals surface area contributed by atoms with Crippen molar-refractivity contribution < 1.29 is 33.0 Å². The van der Waals surface area contributed by atoms with Crippen LogP contribution in [0.3, 0.4) is 0 Å². The van der Waals surface area contributed by atoms with Gasteiger partial charge in [0, 0.05) is 51.4 Å². The number of ether oxygens (including phenoxy) is 3. The molecular formula is C33H49FN4O6. The highest BCUT2D eigenvalue weighted by Gasteiger charge is 2.61. The summed E-state index contributed by atoms with van der Waals surface area (Å²) in [5.41, 5.74) is -0.366. The molecule has 9 atom stereocenters. The molecule has 0 aromatic heterocycles. The first kappa shape index (κ1) is 30.4. The molecule has 0 spiro atoms. The minimum absolute atomic E-state index is 0.0590. The average Bonchev–Trinajstić information content (AvgIpc) is 3.01. The van der Waals surface area contributed by atoms with Gasteiger partial charge >= 0.3 is 6.09 Å². The van der Waals surface area contributed by atoms with Crippen molar-refractivity contribution in [3.05, 3.63) is 11.8 Å². The zero-order chi connectivity index (χ0) is 30.7. The number of carbonyl (C=O) groups excluding carboxylic acids is 3. The number of carbonyl (C=O) groups is 3. The molecule has 11 heteroatoms. The van der Waals surface area contributed by atoms with Gasteiger partial charge in [0.05, 0.1) is 49.1 Å². The number of fused-ring (bicyclic) bond motifs is 4. The second-order valence-electron chi connectivity index (χ2n) is 15.0. The van der Waals surface area contributed by atoms with Crippen LogP contribution in [-0.2, 0) is 23.8 Å². The fraction of sp³-hybridized carbons (Fsp3) is 0.848. The maximum Gasteiger partial charge on any atom is 0.410 e. The second kappa shape index (κ2) is 11.8. The molecule has 0 radical (unpaired) electrons. The molecular weight excluding hydrogens is 567 g/mol. The summed E-state index contributed by atoms with van der Waals surface area (Å²) in [6.45, 7) is 9.35. The Kier molecular flexibility index (Phi) is 8.19. The van der Waals surface area contributed by atoms with Gasteiger partial charge in [0.1, 0.15) is 11.8 Å². The van der Waals surface area contributed by atoms with Crippen molar-refractivity contribution >= 4 is 17.8 Å². The Morgan fingerprint density at radius 3 is 2.36 bits per heavy atom. The summed E-state index contributed by atoms with van der Waals surface area (Å²) in [6.07, 6.45) is 6.61.